The molecule has 1 aliphatic heterocycles. The summed E-state index contributed by atoms with van der Waals surface area (Å²) in [7, 11) is 0. The van der Waals surface area contributed by atoms with Gasteiger partial charge in [-0.05, 0) is 44.2 Å². The van der Waals surface area contributed by atoms with Gasteiger partial charge in [-0.1, -0.05) is 24.3 Å². The summed E-state index contributed by atoms with van der Waals surface area (Å²) in [5.41, 5.74) is 2.46. The highest BCUT2D eigenvalue weighted by molar-refractivity contribution is 5.75. The van der Waals surface area contributed by atoms with Gasteiger partial charge < -0.3 is 15.3 Å². The second kappa shape index (κ2) is 7.29. The number of nitrogens with one attached hydrogen (secondary N) is 1. The average Bonchev–Trinajstić information content (AvgIpc) is 2.49. The highest BCUT2D eigenvalue weighted by atomic mass is 16.4. The molecule has 1 heterocycles. The van der Waals surface area contributed by atoms with Crippen molar-refractivity contribution in [3.05, 3.63) is 35.4 Å². The van der Waals surface area contributed by atoms with Crippen LogP contribution in [0.15, 0.2) is 24.3 Å². The molecule has 1 fully saturated rings. The normalized spacial score (nSPS) is 17.1. The van der Waals surface area contributed by atoms with Gasteiger partial charge in [0.2, 0.25) is 0 Å². The lowest BCUT2D eigenvalue weighted by molar-refractivity contribution is -0.143. The van der Waals surface area contributed by atoms with Crippen LogP contribution in [0.4, 0.5) is 4.79 Å². The summed E-state index contributed by atoms with van der Waals surface area (Å²) in [6.45, 7) is 5.09. The van der Waals surface area contributed by atoms with E-state index in [4.69, 9.17) is 5.11 Å². The minimum atomic E-state index is -0.757. The number of aryl methyl sites for hydroxylation is 1. The van der Waals surface area contributed by atoms with Crippen LogP contribution in [-0.4, -0.2) is 41.1 Å². The van der Waals surface area contributed by atoms with Crippen LogP contribution >= 0.6 is 0 Å². The summed E-state index contributed by atoms with van der Waals surface area (Å²) in [6, 6.07) is 8.12. The van der Waals surface area contributed by atoms with Gasteiger partial charge in [0, 0.05) is 19.1 Å². The molecule has 1 aromatic carbocycles. The van der Waals surface area contributed by atoms with Crippen molar-refractivity contribution in [2.45, 2.75) is 39.2 Å². The lowest BCUT2D eigenvalue weighted by Crippen LogP contribution is -2.48. The van der Waals surface area contributed by atoms with Crippen LogP contribution < -0.4 is 5.32 Å². The van der Waals surface area contributed by atoms with Crippen LogP contribution in [0.1, 0.15) is 30.9 Å². The molecule has 2 rings (SSSR count). The van der Waals surface area contributed by atoms with Crippen molar-refractivity contribution in [1.82, 2.24) is 10.2 Å². The number of piperidine rings is 1. The predicted octanol–water partition coefficient (Wildman–Crippen LogP) is 2.43. The number of nitrogens with zero attached hydrogens (tertiary/aromatic N) is 1. The Morgan fingerprint density at radius 1 is 1.32 bits per heavy atom. The van der Waals surface area contributed by atoms with Crippen molar-refractivity contribution in [2.24, 2.45) is 5.92 Å². The van der Waals surface area contributed by atoms with E-state index in [1.807, 2.05) is 19.1 Å². The smallest absolute Gasteiger partial charge is 0.317 e. The first-order chi connectivity index (χ1) is 10.5. The topological polar surface area (TPSA) is 69.6 Å². The van der Waals surface area contributed by atoms with Crippen molar-refractivity contribution in [3.63, 3.8) is 0 Å². The fraction of sp³-hybridized carbons (Fsp3) is 0.529. The zero-order chi connectivity index (χ0) is 16.1. The molecule has 0 aliphatic carbocycles. The van der Waals surface area contributed by atoms with Gasteiger partial charge in [0.25, 0.3) is 0 Å². The second-order valence-corrected chi connectivity index (χ2v) is 6.08. The van der Waals surface area contributed by atoms with E-state index in [9.17, 15) is 9.59 Å². The fourth-order valence-corrected chi connectivity index (χ4v) is 2.85. The molecular formula is C17H24N2O3. The number of urea groups is 1. The molecule has 120 valence electrons. The SMILES string of the molecule is Cc1ccccc1CC(C)NC(=O)N1CCC(C(=O)O)CC1. The van der Waals surface area contributed by atoms with Gasteiger partial charge >= 0.3 is 12.0 Å². The summed E-state index contributed by atoms with van der Waals surface area (Å²) in [6.07, 6.45) is 1.87. The molecule has 5 heteroatoms. The highest BCUT2D eigenvalue weighted by Gasteiger charge is 2.27. The third-order valence-electron chi connectivity index (χ3n) is 4.29. The summed E-state index contributed by atoms with van der Waals surface area (Å²) >= 11 is 0. The Balaban J connectivity index is 1.82. The summed E-state index contributed by atoms with van der Waals surface area (Å²) in [5.74, 6) is -1.07. The van der Waals surface area contributed by atoms with Crippen LogP contribution in [-0.2, 0) is 11.2 Å². The highest BCUT2D eigenvalue weighted by Crippen LogP contribution is 2.17. The molecule has 1 unspecified atom stereocenters. The molecule has 0 bridgehead atoms. The van der Waals surface area contributed by atoms with Crippen LogP contribution in [0.3, 0.4) is 0 Å². The predicted molar refractivity (Wildman–Crippen MR) is 84.8 cm³/mol. The molecule has 22 heavy (non-hydrogen) atoms. The third-order valence-corrected chi connectivity index (χ3v) is 4.29. The number of rotatable bonds is 4. The van der Waals surface area contributed by atoms with Crippen LogP contribution in [0.25, 0.3) is 0 Å². The largest absolute Gasteiger partial charge is 0.481 e. The van der Waals surface area contributed by atoms with Crippen molar-refractivity contribution in [1.29, 1.82) is 0 Å². The van der Waals surface area contributed by atoms with Crippen LogP contribution in [0.5, 0.6) is 0 Å². The van der Waals surface area contributed by atoms with Crippen molar-refractivity contribution in [3.8, 4) is 0 Å². The number of carboxylic acid groups (broad SMARTS) is 1. The van der Waals surface area contributed by atoms with E-state index in [-0.39, 0.29) is 18.0 Å². The van der Waals surface area contributed by atoms with Gasteiger partial charge in [-0.3, -0.25) is 4.79 Å². The Bertz CT molecular complexity index is 536. The molecule has 2 amide bonds. The maximum atomic E-state index is 12.2. The second-order valence-electron chi connectivity index (χ2n) is 6.08. The van der Waals surface area contributed by atoms with E-state index in [2.05, 4.69) is 24.4 Å². The van der Waals surface area contributed by atoms with E-state index >= 15 is 0 Å². The van der Waals surface area contributed by atoms with Gasteiger partial charge in [-0.25, -0.2) is 4.79 Å². The molecular weight excluding hydrogens is 280 g/mol. The number of aliphatic carboxylic acids is 1. The number of benzene rings is 1. The molecule has 0 radical (unpaired) electrons. The van der Waals surface area contributed by atoms with Crippen molar-refractivity contribution < 1.29 is 14.7 Å². The van der Waals surface area contributed by atoms with E-state index in [0.29, 0.717) is 25.9 Å². The lowest BCUT2D eigenvalue weighted by atomic mass is 9.97. The molecule has 1 saturated heterocycles. The van der Waals surface area contributed by atoms with Gasteiger partial charge in [0.15, 0.2) is 0 Å². The van der Waals surface area contributed by atoms with E-state index in [0.717, 1.165) is 6.42 Å². The third kappa shape index (κ3) is 4.23. The minimum absolute atomic E-state index is 0.0470. The maximum Gasteiger partial charge on any atom is 0.317 e. The van der Waals surface area contributed by atoms with E-state index in [1.54, 1.807) is 4.90 Å². The zero-order valence-electron chi connectivity index (χ0n) is 13.2. The zero-order valence-corrected chi connectivity index (χ0v) is 13.2. The fourth-order valence-electron chi connectivity index (χ4n) is 2.85. The standard InChI is InChI=1S/C17H24N2O3/c1-12-5-3-4-6-15(12)11-13(2)18-17(22)19-9-7-14(8-10-19)16(20)21/h3-6,13-14H,7-11H2,1-2H3,(H,18,22)(H,20,21). The number of amides is 2. The van der Waals surface area contributed by atoms with Crippen LogP contribution in [0.2, 0.25) is 0 Å². The van der Waals surface area contributed by atoms with Crippen molar-refractivity contribution >= 4 is 12.0 Å². The van der Waals surface area contributed by atoms with Gasteiger partial charge in [-0.2, -0.15) is 0 Å². The van der Waals surface area contributed by atoms with E-state index < -0.39 is 5.97 Å². The molecule has 2 N–H and O–H groups in total. The summed E-state index contributed by atoms with van der Waals surface area (Å²) in [4.78, 5) is 24.9. The van der Waals surface area contributed by atoms with Crippen LogP contribution in [0, 0.1) is 12.8 Å². The number of likely N-dealkylation sites (tertiary alicyclic amines) is 1. The number of hydrogen-bond donors (Lipinski definition) is 2. The Morgan fingerprint density at radius 3 is 2.55 bits per heavy atom. The lowest BCUT2D eigenvalue weighted by Gasteiger charge is -2.31. The molecule has 5 nitrogen and oxygen atoms in total. The summed E-state index contributed by atoms with van der Waals surface area (Å²) in [5, 5.41) is 12.0. The number of carbonyl (C=O) groups excluding carboxylic acids is 1. The monoisotopic (exact) mass is 304 g/mol. The van der Waals surface area contributed by atoms with Gasteiger partial charge in [0.1, 0.15) is 0 Å². The summed E-state index contributed by atoms with van der Waals surface area (Å²) < 4.78 is 0. The number of carbonyl (C=O) groups is 2. The first-order valence-electron chi connectivity index (χ1n) is 7.80. The average molecular weight is 304 g/mol. The molecule has 1 aromatic rings. The van der Waals surface area contributed by atoms with Gasteiger partial charge in [0.05, 0.1) is 5.92 Å². The van der Waals surface area contributed by atoms with Gasteiger partial charge in [-0.15, -0.1) is 0 Å². The van der Waals surface area contributed by atoms with E-state index in [1.165, 1.54) is 11.1 Å². The number of hydrogen-bond acceptors (Lipinski definition) is 2. The Hall–Kier alpha value is -2.04. The van der Waals surface area contributed by atoms with Crippen molar-refractivity contribution in [2.75, 3.05) is 13.1 Å². The Kier molecular flexibility index (Phi) is 5.41. The quantitative estimate of drug-likeness (QED) is 0.897. The minimum Gasteiger partial charge on any atom is -0.481 e. The maximum absolute atomic E-state index is 12.2. The number of carboxylic acids is 1. The molecule has 1 atom stereocenters. The molecule has 0 spiro atoms. The molecule has 0 aromatic heterocycles. The first-order valence-corrected chi connectivity index (χ1v) is 7.80. The molecule has 0 saturated carbocycles. The Morgan fingerprint density at radius 2 is 1.95 bits per heavy atom. The first kappa shape index (κ1) is 16.3. The Labute approximate surface area is 131 Å². The molecule has 1 aliphatic rings.